The zero-order valence-electron chi connectivity index (χ0n) is 16.2. The number of ether oxygens (including phenoxy) is 1. The van der Waals surface area contributed by atoms with Gasteiger partial charge in [-0.25, -0.2) is 4.79 Å². The lowest BCUT2D eigenvalue weighted by Crippen LogP contribution is -2.27. The van der Waals surface area contributed by atoms with Gasteiger partial charge in [0.25, 0.3) is 0 Å². The summed E-state index contributed by atoms with van der Waals surface area (Å²) < 4.78 is 4.58. The van der Waals surface area contributed by atoms with Crippen molar-refractivity contribution in [3.05, 3.63) is 24.5 Å². The van der Waals surface area contributed by atoms with E-state index >= 15 is 0 Å². The van der Waals surface area contributed by atoms with E-state index in [1.165, 1.54) is 44.9 Å². The van der Waals surface area contributed by atoms with E-state index in [1.54, 1.807) is 45.3 Å². The minimum Gasteiger partial charge on any atom is -0.444 e. The van der Waals surface area contributed by atoms with Crippen molar-refractivity contribution in [3.63, 3.8) is 0 Å². The molecule has 1 aliphatic rings. The summed E-state index contributed by atoms with van der Waals surface area (Å²) in [5.41, 5.74) is 10.3. The number of primary amides is 1. The second-order valence-electron chi connectivity index (χ2n) is 6.65. The number of nitrogens with zero attached hydrogens (tertiary/aromatic N) is 1. The number of anilines is 1. The maximum Gasteiger partial charge on any atom is 0.405 e. The smallest absolute Gasteiger partial charge is 0.405 e. The standard InChI is InChI=1S/C6H12.C5H6N2.C5H11NO2.C3H8/c1-2-4-6-5-3-1;6-5-2-1-3-7-4-5;1-5(2,3)8-4(6)7;1-3-2/h1-6H2;1-4H,6H2;1-3H3,(H2,6,7);3H2,1-2H3. The Labute approximate surface area is 148 Å². The molecule has 0 radical (unpaired) electrons. The summed E-state index contributed by atoms with van der Waals surface area (Å²) in [6.07, 6.45) is 12.8. The molecule has 1 aliphatic carbocycles. The predicted molar refractivity (Wildman–Crippen MR) is 103 cm³/mol. The van der Waals surface area contributed by atoms with Gasteiger partial charge in [-0.1, -0.05) is 58.8 Å². The Bertz CT molecular complexity index is 374. The molecular weight excluding hydrogens is 302 g/mol. The molecule has 5 nitrogen and oxygen atoms in total. The van der Waals surface area contributed by atoms with Crippen molar-refractivity contribution in [3.8, 4) is 0 Å². The van der Waals surface area contributed by atoms with Crippen molar-refractivity contribution < 1.29 is 9.53 Å². The number of aromatic nitrogens is 1. The molecule has 1 amide bonds. The Balaban J connectivity index is 0. The molecule has 0 aliphatic heterocycles. The van der Waals surface area contributed by atoms with Gasteiger partial charge in [-0.3, -0.25) is 4.98 Å². The average Bonchev–Trinajstić information content (AvgIpc) is 2.49. The number of nitrogen functional groups attached to an aromatic ring is 1. The van der Waals surface area contributed by atoms with Crippen LogP contribution in [0.1, 0.15) is 79.6 Å². The van der Waals surface area contributed by atoms with Gasteiger partial charge < -0.3 is 16.2 Å². The molecule has 1 fully saturated rings. The van der Waals surface area contributed by atoms with E-state index in [0.29, 0.717) is 5.69 Å². The van der Waals surface area contributed by atoms with Gasteiger partial charge in [0.15, 0.2) is 0 Å². The summed E-state index contributed by atoms with van der Waals surface area (Å²) in [6.45, 7) is 9.54. The van der Waals surface area contributed by atoms with Crippen molar-refractivity contribution in [2.75, 3.05) is 5.73 Å². The van der Waals surface area contributed by atoms with Gasteiger partial charge in [0.05, 0.1) is 5.69 Å². The van der Waals surface area contributed by atoms with Crippen LogP contribution in [-0.2, 0) is 4.74 Å². The summed E-state index contributed by atoms with van der Waals surface area (Å²) in [7, 11) is 0. The monoisotopic (exact) mass is 339 g/mol. The van der Waals surface area contributed by atoms with Crippen LogP contribution in [0, 0.1) is 0 Å². The third-order valence-corrected chi connectivity index (χ3v) is 2.59. The molecule has 5 heteroatoms. The highest BCUT2D eigenvalue weighted by atomic mass is 16.6. The highest BCUT2D eigenvalue weighted by molar-refractivity contribution is 5.65. The molecule has 0 saturated heterocycles. The molecule has 0 unspecified atom stereocenters. The highest BCUT2D eigenvalue weighted by Gasteiger charge is 2.12. The van der Waals surface area contributed by atoms with Gasteiger partial charge in [-0.15, -0.1) is 0 Å². The summed E-state index contributed by atoms with van der Waals surface area (Å²) in [6, 6.07) is 3.60. The van der Waals surface area contributed by atoms with Crippen LogP contribution >= 0.6 is 0 Å². The fourth-order valence-corrected chi connectivity index (χ4v) is 1.74. The summed E-state index contributed by atoms with van der Waals surface area (Å²) >= 11 is 0. The normalized spacial score (nSPS) is 12.9. The van der Waals surface area contributed by atoms with Crippen LogP contribution in [0.3, 0.4) is 0 Å². The molecule has 0 bridgehead atoms. The van der Waals surface area contributed by atoms with Crippen LogP contribution in [0.5, 0.6) is 0 Å². The molecular formula is C19H37N3O2. The fourth-order valence-electron chi connectivity index (χ4n) is 1.74. The van der Waals surface area contributed by atoms with Crippen molar-refractivity contribution >= 4 is 11.8 Å². The molecule has 2 rings (SSSR count). The molecule has 0 aromatic carbocycles. The number of pyridine rings is 1. The number of hydrogen-bond acceptors (Lipinski definition) is 4. The minimum atomic E-state index is -0.725. The fraction of sp³-hybridized carbons (Fsp3) is 0.684. The first-order valence-corrected chi connectivity index (χ1v) is 8.86. The summed E-state index contributed by atoms with van der Waals surface area (Å²) in [5, 5.41) is 0. The molecule has 1 aromatic heterocycles. The number of carbonyl (C=O) groups excluding carboxylic acids is 1. The first kappa shape index (κ1) is 24.5. The van der Waals surface area contributed by atoms with E-state index in [2.05, 4.69) is 23.6 Å². The van der Waals surface area contributed by atoms with Crippen LogP contribution in [0.2, 0.25) is 0 Å². The highest BCUT2D eigenvalue weighted by Crippen LogP contribution is 2.15. The van der Waals surface area contributed by atoms with Crippen LogP contribution in [0.4, 0.5) is 10.5 Å². The zero-order valence-corrected chi connectivity index (χ0v) is 16.2. The molecule has 24 heavy (non-hydrogen) atoms. The maximum absolute atomic E-state index is 10.0. The number of carbonyl (C=O) groups is 1. The van der Waals surface area contributed by atoms with Gasteiger partial charge >= 0.3 is 6.09 Å². The predicted octanol–water partition coefficient (Wildman–Crippen LogP) is 5.30. The Hall–Kier alpha value is -1.78. The number of nitrogens with two attached hydrogens (primary N) is 2. The van der Waals surface area contributed by atoms with Crippen LogP contribution in [0.15, 0.2) is 24.5 Å². The molecule has 4 N–H and O–H groups in total. The Morgan fingerprint density at radius 2 is 1.54 bits per heavy atom. The minimum absolute atomic E-state index is 0.453. The summed E-state index contributed by atoms with van der Waals surface area (Å²) in [5.74, 6) is 0. The quantitative estimate of drug-likeness (QED) is 0.671. The Kier molecular flexibility index (Phi) is 16.4. The Morgan fingerprint density at radius 3 is 1.67 bits per heavy atom. The van der Waals surface area contributed by atoms with Crippen molar-refractivity contribution in [1.29, 1.82) is 0 Å². The molecule has 1 heterocycles. The van der Waals surface area contributed by atoms with Crippen molar-refractivity contribution in [2.45, 2.75) is 85.2 Å². The second-order valence-corrected chi connectivity index (χ2v) is 6.65. The number of rotatable bonds is 0. The first-order chi connectivity index (χ1) is 11.2. The molecule has 1 aromatic rings. The van der Waals surface area contributed by atoms with Gasteiger partial charge in [0.1, 0.15) is 5.60 Å². The third kappa shape index (κ3) is 25.2. The van der Waals surface area contributed by atoms with Crippen LogP contribution in [0.25, 0.3) is 0 Å². The first-order valence-electron chi connectivity index (χ1n) is 8.86. The topological polar surface area (TPSA) is 91.2 Å². The lowest BCUT2D eigenvalue weighted by Gasteiger charge is -2.16. The third-order valence-electron chi connectivity index (χ3n) is 2.59. The summed E-state index contributed by atoms with van der Waals surface area (Å²) in [4.78, 5) is 13.8. The molecule has 0 spiro atoms. The SMILES string of the molecule is C1CCCCC1.CC(C)(C)OC(N)=O.CCC.Nc1cccnc1. The van der Waals surface area contributed by atoms with Crippen molar-refractivity contribution in [1.82, 2.24) is 4.98 Å². The van der Waals surface area contributed by atoms with E-state index in [4.69, 9.17) is 11.5 Å². The molecule has 140 valence electrons. The van der Waals surface area contributed by atoms with Crippen LogP contribution in [-0.4, -0.2) is 16.7 Å². The van der Waals surface area contributed by atoms with Gasteiger partial charge in [-0.05, 0) is 32.9 Å². The molecule has 0 atom stereocenters. The van der Waals surface area contributed by atoms with Gasteiger partial charge in [0, 0.05) is 12.4 Å². The van der Waals surface area contributed by atoms with E-state index < -0.39 is 11.7 Å². The lowest BCUT2D eigenvalue weighted by molar-refractivity contribution is 0.0600. The Morgan fingerprint density at radius 1 is 1.12 bits per heavy atom. The van der Waals surface area contributed by atoms with Crippen molar-refractivity contribution in [2.24, 2.45) is 5.73 Å². The number of amides is 1. The van der Waals surface area contributed by atoms with E-state index in [1.807, 2.05) is 0 Å². The zero-order chi connectivity index (χ0) is 18.8. The van der Waals surface area contributed by atoms with E-state index in [9.17, 15) is 4.79 Å². The van der Waals surface area contributed by atoms with Gasteiger partial charge in [0.2, 0.25) is 0 Å². The maximum atomic E-state index is 10.0. The lowest BCUT2D eigenvalue weighted by atomic mass is 10.0. The molecule has 1 saturated carbocycles. The van der Waals surface area contributed by atoms with Crippen LogP contribution < -0.4 is 11.5 Å². The number of hydrogen-bond donors (Lipinski definition) is 2. The average molecular weight is 340 g/mol. The van der Waals surface area contributed by atoms with E-state index in [0.717, 1.165) is 0 Å². The van der Waals surface area contributed by atoms with Gasteiger partial charge in [-0.2, -0.15) is 0 Å². The second kappa shape index (κ2) is 16.1. The largest absolute Gasteiger partial charge is 0.444 e. The van der Waals surface area contributed by atoms with E-state index in [-0.39, 0.29) is 0 Å².